The molecule has 26 heavy (non-hydrogen) atoms. The molecule has 3 rings (SSSR count). The Morgan fingerprint density at radius 2 is 1.92 bits per heavy atom. The molecular formula is C20H21ClN2O3. The van der Waals surface area contributed by atoms with E-state index in [1.54, 1.807) is 42.3 Å². The normalized spacial score (nSPS) is 15.7. The summed E-state index contributed by atoms with van der Waals surface area (Å²) in [5, 5.41) is 3.50. The van der Waals surface area contributed by atoms with Gasteiger partial charge in [-0.3, -0.25) is 9.59 Å². The fourth-order valence-electron chi connectivity index (χ4n) is 2.86. The van der Waals surface area contributed by atoms with E-state index in [1.165, 1.54) is 0 Å². The number of nitrogens with zero attached hydrogens (tertiary/aromatic N) is 1. The Balaban J connectivity index is 1.76. The van der Waals surface area contributed by atoms with Crippen molar-refractivity contribution < 1.29 is 14.3 Å². The van der Waals surface area contributed by atoms with Crippen LogP contribution in [-0.2, 0) is 16.0 Å². The number of hydrogen-bond acceptors (Lipinski definition) is 3. The highest BCUT2D eigenvalue weighted by molar-refractivity contribution is 6.30. The summed E-state index contributed by atoms with van der Waals surface area (Å²) >= 11 is 5.86. The van der Waals surface area contributed by atoms with Gasteiger partial charge in [-0.1, -0.05) is 23.7 Å². The Hall–Kier alpha value is -2.53. The maximum Gasteiger partial charge on any atom is 0.235 e. The standard InChI is InChI=1S/C20H21ClN2O3/c1-20(2)12-26-17-9-8-15(11-16(17)23(3)19(20)25)22-18(24)10-13-4-6-14(21)7-5-13/h4-9,11H,10,12H2,1-3H3,(H,22,24). The first-order chi connectivity index (χ1) is 12.3. The van der Waals surface area contributed by atoms with Gasteiger partial charge in [-0.15, -0.1) is 0 Å². The van der Waals surface area contributed by atoms with Gasteiger partial charge in [0.1, 0.15) is 12.4 Å². The van der Waals surface area contributed by atoms with Crippen molar-refractivity contribution in [1.82, 2.24) is 0 Å². The van der Waals surface area contributed by atoms with E-state index in [4.69, 9.17) is 16.3 Å². The summed E-state index contributed by atoms with van der Waals surface area (Å²) in [6.45, 7) is 4.02. The van der Waals surface area contributed by atoms with Gasteiger partial charge in [-0.25, -0.2) is 0 Å². The molecule has 0 aromatic heterocycles. The minimum Gasteiger partial charge on any atom is -0.490 e. The number of benzene rings is 2. The minimum absolute atomic E-state index is 0.0270. The fourth-order valence-corrected chi connectivity index (χ4v) is 2.98. The van der Waals surface area contributed by atoms with E-state index in [9.17, 15) is 9.59 Å². The van der Waals surface area contributed by atoms with Gasteiger partial charge in [0.2, 0.25) is 11.8 Å². The number of carbonyl (C=O) groups excluding carboxylic acids is 2. The molecule has 2 amide bonds. The van der Waals surface area contributed by atoms with Crippen molar-refractivity contribution in [2.24, 2.45) is 5.41 Å². The quantitative estimate of drug-likeness (QED) is 0.888. The molecule has 2 aromatic carbocycles. The van der Waals surface area contributed by atoms with Gasteiger partial charge in [0, 0.05) is 17.8 Å². The first kappa shape index (κ1) is 18.3. The van der Waals surface area contributed by atoms with Crippen LogP contribution in [-0.4, -0.2) is 25.5 Å². The number of halogens is 1. The van der Waals surface area contributed by atoms with E-state index in [2.05, 4.69) is 5.32 Å². The molecule has 1 heterocycles. The summed E-state index contributed by atoms with van der Waals surface area (Å²) in [5.74, 6) is 0.458. The molecule has 0 bridgehead atoms. The molecule has 0 saturated heterocycles. The van der Waals surface area contributed by atoms with Crippen LogP contribution in [0.2, 0.25) is 5.02 Å². The Labute approximate surface area is 157 Å². The molecule has 1 N–H and O–H groups in total. The van der Waals surface area contributed by atoms with Gasteiger partial charge in [0.15, 0.2) is 0 Å². The van der Waals surface area contributed by atoms with Crippen molar-refractivity contribution >= 4 is 34.8 Å². The molecular weight excluding hydrogens is 352 g/mol. The van der Waals surface area contributed by atoms with Gasteiger partial charge in [-0.2, -0.15) is 0 Å². The van der Waals surface area contributed by atoms with Crippen LogP contribution in [0, 0.1) is 5.41 Å². The topological polar surface area (TPSA) is 58.6 Å². The highest BCUT2D eigenvalue weighted by Crippen LogP contribution is 2.37. The third kappa shape index (κ3) is 3.83. The first-order valence-corrected chi connectivity index (χ1v) is 8.73. The first-order valence-electron chi connectivity index (χ1n) is 8.35. The number of hydrogen-bond donors (Lipinski definition) is 1. The highest BCUT2D eigenvalue weighted by atomic mass is 35.5. The Morgan fingerprint density at radius 3 is 2.62 bits per heavy atom. The van der Waals surface area contributed by atoms with Crippen molar-refractivity contribution in [2.75, 3.05) is 23.9 Å². The summed E-state index contributed by atoms with van der Waals surface area (Å²) in [5.41, 5.74) is 1.53. The van der Waals surface area contributed by atoms with Gasteiger partial charge in [0.25, 0.3) is 0 Å². The lowest BCUT2D eigenvalue weighted by Crippen LogP contribution is -2.39. The molecule has 0 radical (unpaired) electrons. The van der Waals surface area contributed by atoms with Crippen LogP contribution in [0.25, 0.3) is 0 Å². The number of nitrogens with one attached hydrogen (secondary N) is 1. The number of anilines is 2. The van der Waals surface area contributed by atoms with Gasteiger partial charge in [-0.05, 0) is 49.7 Å². The molecule has 136 valence electrons. The van der Waals surface area contributed by atoms with Crippen LogP contribution in [0.3, 0.4) is 0 Å². The van der Waals surface area contributed by atoms with Crippen LogP contribution in [0.15, 0.2) is 42.5 Å². The number of fused-ring (bicyclic) bond motifs is 1. The van der Waals surface area contributed by atoms with E-state index in [1.807, 2.05) is 26.0 Å². The molecule has 0 saturated carbocycles. The highest BCUT2D eigenvalue weighted by Gasteiger charge is 2.36. The van der Waals surface area contributed by atoms with E-state index in [-0.39, 0.29) is 18.2 Å². The molecule has 0 fully saturated rings. The summed E-state index contributed by atoms with van der Waals surface area (Å²) in [4.78, 5) is 26.5. The van der Waals surface area contributed by atoms with Crippen LogP contribution in [0.5, 0.6) is 5.75 Å². The van der Waals surface area contributed by atoms with E-state index < -0.39 is 5.41 Å². The fraction of sp³-hybridized carbons (Fsp3) is 0.300. The van der Waals surface area contributed by atoms with Crippen molar-refractivity contribution in [3.05, 3.63) is 53.1 Å². The molecule has 1 aliphatic rings. The van der Waals surface area contributed by atoms with Crippen molar-refractivity contribution in [1.29, 1.82) is 0 Å². The number of ether oxygens (including phenoxy) is 1. The third-order valence-electron chi connectivity index (χ3n) is 4.35. The molecule has 0 spiro atoms. The molecule has 0 unspecified atom stereocenters. The van der Waals surface area contributed by atoms with E-state index in [0.29, 0.717) is 28.8 Å². The molecule has 1 aliphatic heterocycles. The molecule has 5 nitrogen and oxygen atoms in total. The summed E-state index contributed by atoms with van der Waals surface area (Å²) in [7, 11) is 1.72. The van der Waals surface area contributed by atoms with Crippen molar-refractivity contribution in [3.63, 3.8) is 0 Å². The Kier molecular flexibility index (Phi) is 4.92. The SMILES string of the molecule is CN1C(=O)C(C)(C)COc2ccc(NC(=O)Cc3ccc(Cl)cc3)cc21. The predicted octanol–water partition coefficient (Wildman–Crippen LogP) is 3.90. The monoisotopic (exact) mass is 372 g/mol. The lowest BCUT2D eigenvalue weighted by Gasteiger charge is -2.24. The zero-order chi connectivity index (χ0) is 18.9. The van der Waals surface area contributed by atoms with Crippen LogP contribution >= 0.6 is 11.6 Å². The zero-order valence-electron chi connectivity index (χ0n) is 15.0. The maximum absolute atomic E-state index is 12.6. The molecule has 2 aromatic rings. The Morgan fingerprint density at radius 1 is 1.23 bits per heavy atom. The average Bonchev–Trinajstić information content (AvgIpc) is 2.68. The second-order valence-corrected chi connectivity index (χ2v) is 7.51. The second-order valence-electron chi connectivity index (χ2n) is 7.07. The van der Waals surface area contributed by atoms with Crippen LogP contribution in [0.1, 0.15) is 19.4 Å². The molecule has 0 aliphatic carbocycles. The van der Waals surface area contributed by atoms with E-state index >= 15 is 0 Å². The Bertz CT molecular complexity index is 847. The third-order valence-corrected chi connectivity index (χ3v) is 4.61. The van der Waals surface area contributed by atoms with Gasteiger partial charge < -0.3 is 15.0 Å². The van der Waals surface area contributed by atoms with Crippen LogP contribution < -0.4 is 15.0 Å². The average molecular weight is 373 g/mol. The minimum atomic E-state index is -0.605. The van der Waals surface area contributed by atoms with Crippen molar-refractivity contribution in [2.45, 2.75) is 20.3 Å². The van der Waals surface area contributed by atoms with Gasteiger partial charge in [0.05, 0.1) is 17.5 Å². The van der Waals surface area contributed by atoms with Gasteiger partial charge >= 0.3 is 0 Å². The van der Waals surface area contributed by atoms with Crippen LogP contribution in [0.4, 0.5) is 11.4 Å². The largest absolute Gasteiger partial charge is 0.490 e. The summed E-state index contributed by atoms with van der Waals surface area (Å²) in [6.07, 6.45) is 0.243. The molecule has 6 heteroatoms. The van der Waals surface area contributed by atoms with E-state index in [0.717, 1.165) is 5.56 Å². The number of rotatable bonds is 3. The number of carbonyl (C=O) groups is 2. The lowest BCUT2D eigenvalue weighted by atomic mass is 9.93. The molecule has 0 atom stereocenters. The number of amides is 2. The summed E-state index contributed by atoms with van der Waals surface area (Å²) < 4.78 is 5.78. The maximum atomic E-state index is 12.6. The predicted molar refractivity (Wildman–Crippen MR) is 103 cm³/mol. The van der Waals surface area contributed by atoms with Crippen molar-refractivity contribution in [3.8, 4) is 5.75 Å². The second kappa shape index (κ2) is 7.00. The lowest BCUT2D eigenvalue weighted by molar-refractivity contribution is -0.127. The summed E-state index contributed by atoms with van der Waals surface area (Å²) in [6, 6.07) is 12.5. The smallest absolute Gasteiger partial charge is 0.235 e. The zero-order valence-corrected chi connectivity index (χ0v) is 15.8.